The number of rotatable bonds is 8. The minimum atomic E-state index is -0.767. The first-order valence-electron chi connectivity index (χ1n) is 13.1. The van der Waals surface area contributed by atoms with Crippen molar-refractivity contribution in [3.63, 3.8) is 0 Å². The molecule has 1 aliphatic heterocycles. The highest BCUT2D eigenvalue weighted by Crippen LogP contribution is 2.43. The lowest BCUT2D eigenvalue weighted by Crippen LogP contribution is -2.29. The molecular formula is C32H31NO6. The molecule has 1 unspecified atom stereocenters. The minimum Gasteiger partial charge on any atom is -0.493 e. The number of nitrogens with zero attached hydrogens (tertiary/aromatic N) is 1. The normalized spacial score (nSPS) is 14.5. The van der Waals surface area contributed by atoms with Crippen LogP contribution in [0.3, 0.4) is 0 Å². The van der Waals surface area contributed by atoms with E-state index in [-0.39, 0.29) is 22.5 Å². The Morgan fingerprint density at radius 2 is 1.69 bits per heavy atom. The number of Topliss-reactive ketones (excluding diaryl/α,β-unsaturated/α-hetero) is 1. The van der Waals surface area contributed by atoms with Gasteiger partial charge in [0, 0.05) is 11.3 Å². The number of anilines is 1. The summed E-state index contributed by atoms with van der Waals surface area (Å²) in [5.74, 6) is 0.608. The lowest BCUT2D eigenvalue weighted by Gasteiger charge is -2.26. The van der Waals surface area contributed by atoms with Gasteiger partial charge in [-0.1, -0.05) is 19.4 Å². The number of carbonyl (C=O) groups excluding carboxylic acids is 2. The summed E-state index contributed by atoms with van der Waals surface area (Å²) in [6.45, 7) is 8.01. The Hall–Kier alpha value is -4.39. The first-order valence-corrected chi connectivity index (χ1v) is 13.1. The average molecular weight is 526 g/mol. The van der Waals surface area contributed by atoms with E-state index in [2.05, 4.69) is 6.92 Å². The SMILES string of the molecule is CCCCOc1ccc(C2c3c(oc4cc(C)c(C)cc4c3=O)C(=O)N2c2ccc(C(C)=O)cc2)cc1OC. The van der Waals surface area contributed by atoms with Crippen LogP contribution in [0.25, 0.3) is 11.0 Å². The fraction of sp³-hybridized carbons (Fsp3) is 0.281. The lowest BCUT2D eigenvalue weighted by atomic mass is 9.96. The highest BCUT2D eigenvalue weighted by atomic mass is 16.5. The van der Waals surface area contributed by atoms with Crippen molar-refractivity contribution in [3.05, 3.63) is 98.4 Å². The van der Waals surface area contributed by atoms with Gasteiger partial charge < -0.3 is 13.9 Å². The number of methoxy groups -OCH3 is 1. The van der Waals surface area contributed by atoms with Gasteiger partial charge >= 0.3 is 0 Å². The standard InChI is InChI=1S/C32H31NO6/c1-6-7-14-38-25-13-10-22(17-27(25)37-5)29-28-30(35)24-15-18(2)19(3)16-26(24)39-31(28)32(36)33(29)23-11-8-21(9-12-23)20(4)34/h8-13,15-17,29H,6-7,14H2,1-5H3. The van der Waals surface area contributed by atoms with Gasteiger partial charge in [0.2, 0.25) is 5.76 Å². The maximum Gasteiger partial charge on any atom is 0.295 e. The fourth-order valence-corrected chi connectivity index (χ4v) is 4.97. The van der Waals surface area contributed by atoms with Gasteiger partial charge in [-0.2, -0.15) is 0 Å². The summed E-state index contributed by atoms with van der Waals surface area (Å²) in [5, 5.41) is 0.426. The number of unbranched alkanes of at least 4 members (excludes halogenated alkanes) is 1. The van der Waals surface area contributed by atoms with Crippen LogP contribution in [0.5, 0.6) is 11.5 Å². The molecular weight excluding hydrogens is 494 g/mol. The summed E-state index contributed by atoms with van der Waals surface area (Å²) in [6, 6.07) is 15.1. The third-order valence-electron chi connectivity index (χ3n) is 7.30. The maximum atomic E-state index is 14.0. The van der Waals surface area contributed by atoms with Crippen LogP contribution in [0.15, 0.2) is 63.8 Å². The minimum absolute atomic E-state index is 0.0126. The van der Waals surface area contributed by atoms with Gasteiger partial charge in [0.15, 0.2) is 22.7 Å². The molecule has 1 aromatic heterocycles. The molecule has 1 atom stereocenters. The lowest BCUT2D eigenvalue weighted by molar-refractivity contribution is 0.0970. The van der Waals surface area contributed by atoms with Crippen molar-refractivity contribution in [1.82, 2.24) is 0 Å². The van der Waals surface area contributed by atoms with Crippen LogP contribution < -0.4 is 19.8 Å². The molecule has 200 valence electrons. The largest absolute Gasteiger partial charge is 0.493 e. The van der Waals surface area contributed by atoms with Crippen LogP contribution >= 0.6 is 0 Å². The molecule has 7 heteroatoms. The second kappa shape index (κ2) is 10.4. The fourth-order valence-electron chi connectivity index (χ4n) is 4.97. The number of fused-ring (bicyclic) bond motifs is 2. The summed E-state index contributed by atoms with van der Waals surface area (Å²) in [6.07, 6.45) is 1.91. The third kappa shape index (κ3) is 4.58. The summed E-state index contributed by atoms with van der Waals surface area (Å²) in [7, 11) is 1.56. The second-order valence-corrected chi connectivity index (χ2v) is 9.90. The number of aryl methyl sites for hydroxylation is 2. The van der Waals surface area contributed by atoms with E-state index in [1.54, 1.807) is 54.5 Å². The van der Waals surface area contributed by atoms with Crippen molar-refractivity contribution in [2.75, 3.05) is 18.6 Å². The Balaban J connectivity index is 1.72. The number of amides is 1. The molecule has 0 saturated heterocycles. The average Bonchev–Trinajstić information content (AvgIpc) is 3.22. The Kier molecular flexibility index (Phi) is 7.00. The van der Waals surface area contributed by atoms with Gasteiger partial charge in [-0.25, -0.2) is 0 Å². The van der Waals surface area contributed by atoms with E-state index in [9.17, 15) is 14.4 Å². The van der Waals surface area contributed by atoms with Gasteiger partial charge in [-0.05, 0) is 92.4 Å². The number of hydrogen-bond donors (Lipinski definition) is 0. The summed E-state index contributed by atoms with van der Waals surface area (Å²) >= 11 is 0. The number of ketones is 1. The zero-order valence-electron chi connectivity index (χ0n) is 22.8. The van der Waals surface area contributed by atoms with Gasteiger partial charge in [-0.3, -0.25) is 19.3 Å². The molecule has 0 radical (unpaired) electrons. The Morgan fingerprint density at radius 1 is 0.974 bits per heavy atom. The Bertz CT molecular complexity index is 1650. The Morgan fingerprint density at radius 3 is 2.36 bits per heavy atom. The number of hydrogen-bond acceptors (Lipinski definition) is 6. The zero-order chi connectivity index (χ0) is 27.8. The molecule has 2 heterocycles. The van der Waals surface area contributed by atoms with Crippen LogP contribution in [0.1, 0.15) is 75.9 Å². The van der Waals surface area contributed by atoms with Crippen LogP contribution in [0, 0.1) is 13.8 Å². The van der Waals surface area contributed by atoms with Crippen molar-refractivity contribution >= 4 is 28.3 Å². The van der Waals surface area contributed by atoms with Crippen LogP contribution in [-0.4, -0.2) is 25.4 Å². The highest BCUT2D eigenvalue weighted by molar-refractivity contribution is 6.11. The molecule has 4 aromatic rings. The molecule has 0 aliphatic carbocycles. The molecule has 1 amide bonds. The monoisotopic (exact) mass is 525 g/mol. The van der Waals surface area contributed by atoms with Crippen LogP contribution in [0.4, 0.5) is 5.69 Å². The Labute approximate surface area is 227 Å². The molecule has 0 bridgehead atoms. The molecule has 0 saturated carbocycles. The van der Waals surface area contributed by atoms with Crippen molar-refractivity contribution in [2.24, 2.45) is 0 Å². The van der Waals surface area contributed by atoms with E-state index >= 15 is 0 Å². The van der Waals surface area contributed by atoms with Crippen molar-refractivity contribution in [3.8, 4) is 11.5 Å². The molecule has 0 spiro atoms. The summed E-state index contributed by atoms with van der Waals surface area (Å²) < 4.78 is 17.7. The second-order valence-electron chi connectivity index (χ2n) is 9.90. The predicted octanol–water partition coefficient (Wildman–Crippen LogP) is 6.55. The molecule has 1 aliphatic rings. The van der Waals surface area contributed by atoms with Gasteiger partial charge in [0.05, 0.1) is 30.7 Å². The number of benzene rings is 3. The van der Waals surface area contributed by atoms with Crippen LogP contribution in [0.2, 0.25) is 0 Å². The molecule has 0 fully saturated rings. The van der Waals surface area contributed by atoms with Crippen molar-refractivity contribution < 1.29 is 23.5 Å². The quantitative estimate of drug-likeness (QED) is 0.192. The van der Waals surface area contributed by atoms with Gasteiger partial charge in [0.25, 0.3) is 5.91 Å². The maximum absolute atomic E-state index is 14.0. The highest BCUT2D eigenvalue weighted by Gasteiger charge is 2.44. The van der Waals surface area contributed by atoms with Crippen molar-refractivity contribution in [2.45, 2.75) is 46.6 Å². The number of carbonyl (C=O) groups is 2. The number of ether oxygens (including phenoxy) is 2. The zero-order valence-corrected chi connectivity index (χ0v) is 22.8. The summed E-state index contributed by atoms with van der Waals surface area (Å²) in [5.41, 5.74) is 4.06. The van der Waals surface area contributed by atoms with Crippen molar-refractivity contribution in [1.29, 1.82) is 0 Å². The molecule has 0 N–H and O–H groups in total. The van der Waals surface area contributed by atoms with Crippen LogP contribution in [-0.2, 0) is 0 Å². The first kappa shape index (κ1) is 26.2. The van der Waals surface area contributed by atoms with E-state index in [1.807, 2.05) is 26.0 Å². The third-order valence-corrected chi connectivity index (χ3v) is 7.30. The van der Waals surface area contributed by atoms with E-state index in [1.165, 1.54) is 6.92 Å². The molecule has 5 rings (SSSR count). The van der Waals surface area contributed by atoms with E-state index in [4.69, 9.17) is 13.9 Å². The molecule has 3 aromatic carbocycles. The summed E-state index contributed by atoms with van der Waals surface area (Å²) in [4.78, 5) is 41.3. The van der Waals surface area contributed by atoms with E-state index in [0.717, 1.165) is 24.0 Å². The molecule has 39 heavy (non-hydrogen) atoms. The van der Waals surface area contributed by atoms with E-state index < -0.39 is 11.9 Å². The topological polar surface area (TPSA) is 86.0 Å². The first-order chi connectivity index (χ1) is 18.7. The smallest absolute Gasteiger partial charge is 0.295 e. The van der Waals surface area contributed by atoms with E-state index in [0.29, 0.717) is 45.9 Å². The van der Waals surface area contributed by atoms with Gasteiger partial charge in [-0.15, -0.1) is 0 Å². The predicted molar refractivity (Wildman–Crippen MR) is 150 cm³/mol. The molecule has 7 nitrogen and oxygen atoms in total. The van der Waals surface area contributed by atoms with Gasteiger partial charge in [0.1, 0.15) is 5.58 Å².